The Morgan fingerprint density at radius 1 is 1.33 bits per heavy atom. The Kier molecular flexibility index (Phi) is 5.45. The van der Waals surface area contributed by atoms with E-state index < -0.39 is 5.60 Å². The molecule has 0 spiro atoms. The number of morpholine rings is 1. The quantitative estimate of drug-likeness (QED) is 0.540. The highest BCUT2D eigenvalue weighted by Gasteiger charge is 2.33. The lowest BCUT2D eigenvalue weighted by molar-refractivity contribution is -0.148. The van der Waals surface area contributed by atoms with E-state index in [0.29, 0.717) is 26.3 Å². The summed E-state index contributed by atoms with van der Waals surface area (Å²) in [7, 11) is 0. The van der Waals surface area contributed by atoms with E-state index in [2.05, 4.69) is 39.4 Å². The summed E-state index contributed by atoms with van der Waals surface area (Å²) in [5.41, 5.74) is 5.70. The molecular formula is C26H28N4O3. The van der Waals surface area contributed by atoms with E-state index in [-0.39, 0.29) is 11.9 Å². The number of carbonyl (C=O) groups is 1. The second-order valence-electron chi connectivity index (χ2n) is 9.29. The molecule has 4 heterocycles. The number of aliphatic hydroxyl groups is 1. The summed E-state index contributed by atoms with van der Waals surface area (Å²) in [5.74, 6) is 2.46. The summed E-state index contributed by atoms with van der Waals surface area (Å²) in [4.78, 5) is 22.2. The fourth-order valence-electron chi connectivity index (χ4n) is 4.78. The molecule has 1 amide bonds. The first-order valence-electron chi connectivity index (χ1n) is 11.3. The number of benzene rings is 1. The lowest BCUT2D eigenvalue weighted by Gasteiger charge is -2.36. The number of aromatic amines is 1. The molecule has 1 unspecified atom stereocenters. The first-order valence-corrected chi connectivity index (χ1v) is 11.3. The normalized spacial score (nSPS) is 18.7. The van der Waals surface area contributed by atoms with Crippen LogP contribution < -0.4 is 5.32 Å². The SMILES string of the molecule is C#Cc1c[nH]c2ncc(-c3cc4c(c(C5COCCN5)c3)CN(C(=O)C(C)(C)O)CC4)cc12. The Labute approximate surface area is 193 Å². The minimum absolute atomic E-state index is 0.0369. The zero-order valence-corrected chi connectivity index (χ0v) is 18.9. The van der Waals surface area contributed by atoms with Gasteiger partial charge in [0.25, 0.3) is 5.91 Å². The zero-order valence-electron chi connectivity index (χ0n) is 18.9. The van der Waals surface area contributed by atoms with Crippen molar-refractivity contribution >= 4 is 16.9 Å². The number of nitrogens with one attached hydrogen (secondary N) is 2. The third-order valence-corrected chi connectivity index (χ3v) is 6.50. The molecule has 1 atom stereocenters. The highest BCUT2D eigenvalue weighted by molar-refractivity contribution is 5.87. The average molecular weight is 445 g/mol. The van der Waals surface area contributed by atoms with Gasteiger partial charge in [0.05, 0.1) is 24.8 Å². The number of nitrogens with zero attached hydrogens (tertiary/aromatic N) is 2. The van der Waals surface area contributed by atoms with Gasteiger partial charge in [0, 0.05) is 43.0 Å². The lowest BCUT2D eigenvalue weighted by atomic mass is 9.87. The van der Waals surface area contributed by atoms with Crippen LogP contribution in [0.4, 0.5) is 0 Å². The first-order chi connectivity index (χ1) is 15.8. The number of rotatable bonds is 3. The molecule has 0 radical (unpaired) electrons. The molecule has 1 aromatic carbocycles. The summed E-state index contributed by atoms with van der Waals surface area (Å²) in [5, 5.41) is 14.7. The molecule has 0 aliphatic carbocycles. The number of hydrogen-bond acceptors (Lipinski definition) is 5. The highest BCUT2D eigenvalue weighted by atomic mass is 16.5. The van der Waals surface area contributed by atoms with Gasteiger partial charge >= 0.3 is 0 Å². The zero-order chi connectivity index (χ0) is 23.2. The summed E-state index contributed by atoms with van der Waals surface area (Å²) in [6.07, 6.45) is 10.0. The van der Waals surface area contributed by atoms with Crippen LogP contribution in [0.5, 0.6) is 0 Å². The number of H-pyrrole nitrogens is 1. The maximum atomic E-state index is 12.8. The highest BCUT2D eigenvalue weighted by Crippen LogP contribution is 2.35. The molecule has 2 aliphatic heterocycles. The van der Waals surface area contributed by atoms with Crippen molar-refractivity contribution in [2.75, 3.05) is 26.3 Å². The largest absolute Gasteiger partial charge is 0.381 e. The van der Waals surface area contributed by atoms with E-state index in [1.807, 2.05) is 6.20 Å². The van der Waals surface area contributed by atoms with Gasteiger partial charge in [-0.05, 0) is 54.7 Å². The van der Waals surface area contributed by atoms with Crippen molar-refractivity contribution < 1.29 is 14.6 Å². The summed E-state index contributed by atoms with van der Waals surface area (Å²) < 4.78 is 5.76. The van der Waals surface area contributed by atoms with E-state index >= 15 is 0 Å². The molecule has 33 heavy (non-hydrogen) atoms. The van der Waals surface area contributed by atoms with E-state index in [0.717, 1.165) is 51.8 Å². The number of hydrogen-bond donors (Lipinski definition) is 3. The maximum absolute atomic E-state index is 12.8. The van der Waals surface area contributed by atoms with Crippen molar-refractivity contribution in [3.8, 4) is 23.5 Å². The number of terminal acetylenes is 1. The van der Waals surface area contributed by atoms with E-state index in [1.165, 1.54) is 5.56 Å². The van der Waals surface area contributed by atoms with Crippen LogP contribution in [0.2, 0.25) is 0 Å². The standard InChI is InChI=1S/C26H28N4O3/c1-4-16-12-28-24-20(16)11-19(13-29-24)18-9-17-5-7-30(25(31)26(2,3)32)14-22(17)21(10-18)23-15-33-8-6-27-23/h1,9-13,23,27,32H,5-8,14-15H2,2-3H3,(H,28,29). The molecule has 7 nitrogen and oxygen atoms in total. The predicted molar refractivity (Wildman–Crippen MR) is 126 cm³/mol. The van der Waals surface area contributed by atoms with Gasteiger partial charge < -0.3 is 25.0 Å². The Balaban J connectivity index is 1.59. The lowest BCUT2D eigenvalue weighted by Crippen LogP contribution is -2.47. The molecule has 2 aliphatic rings. The molecule has 3 N–H and O–H groups in total. The number of ether oxygens (including phenoxy) is 1. The average Bonchev–Trinajstić information content (AvgIpc) is 3.25. The van der Waals surface area contributed by atoms with Crippen LogP contribution in [0.15, 0.2) is 30.6 Å². The van der Waals surface area contributed by atoms with Gasteiger partial charge in [-0.25, -0.2) is 4.98 Å². The van der Waals surface area contributed by atoms with Gasteiger partial charge in [0.2, 0.25) is 0 Å². The molecule has 3 aromatic rings. The monoisotopic (exact) mass is 444 g/mol. The first kappa shape index (κ1) is 21.7. The maximum Gasteiger partial charge on any atom is 0.254 e. The third-order valence-electron chi connectivity index (χ3n) is 6.50. The van der Waals surface area contributed by atoms with Crippen molar-refractivity contribution in [3.63, 3.8) is 0 Å². The number of aromatic nitrogens is 2. The predicted octanol–water partition coefficient (Wildman–Crippen LogP) is 2.53. The topological polar surface area (TPSA) is 90.5 Å². The molecule has 170 valence electrons. The van der Waals surface area contributed by atoms with Crippen molar-refractivity contribution in [2.45, 2.75) is 38.5 Å². The molecule has 0 saturated carbocycles. The van der Waals surface area contributed by atoms with Crippen molar-refractivity contribution in [3.05, 3.63) is 52.8 Å². The summed E-state index contributed by atoms with van der Waals surface area (Å²) in [6.45, 7) is 6.17. The van der Waals surface area contributed by atoms with Crippen LogP contribution in [0.1, 0.15) is 42.1 Å². The van der Waals surface area contributed by atoms with Crippen molar-refractivity contribution in [1.82, 2.24) is 20.2 Å². The number of fused-ring (bicyclic) bond motifs is 2. The molecule has 2 aromatic heterocycles. The number of amides is 1. The number of pyridine rings is 1. The summed E-state index contributed by atoms with van der Waals surface area (Å²) >= 11 is 0. The molecule has 7 heteroatoms. The molecule has 1 saturated heterocycles. The van der Waals surface area contributed by atoms with Crippen LogP contribution in [0.3, 0.4) is 0 Å². The number of carbonyl (C=O) groups excluding carboxylic acids is 1. The van der Waals surface area contributed by atoms with Gasteiger partial charge in [-0.15, -0.1) is 6.42 Å². The molecule has 5 rings (SSSR count). The van der Waals surface area contributed by atoms with Crippen LogP contribution in [-0.2, 0) is 22.5 Å². The molecule has 0 bridgehead atoms. The van der Waals surface area contributed by atoms with Crippen LogP contribution >= 0.6 is 0 Å². The van der Waals surface area contributed by atoms with Gasteiger partial charge in [0.15, 0.2) is 0 Å². The van der Waals surface area contributed by atoms with E-state index in [1.54, 1.807) is 24.9 Å². The Morgan fingerprint density at radius 2 is 2.18 bits per heavy atom. The Morgan fingerprint density at radius 3 is 2.91 bits per heavy atom. The van der Waals surface area contributed by atoms with Gasteiger partial charge in [-0.3, -0.25) is 4.79 Å². The fraction of sp³-hybridized carbons (Fsp3) is 0.385. The van der Waals surface area contributed by atoms with Crippen LogP contribution in [0.25, 0.3) is 22.2 Å². The minimum Gasteiger partial charge on any atom is -0.381 e. The second-order valence-corrected chi connectivity index (χ2v) is 9.29. The van der Waals surface area contributed by atoms with Gasteiger partial charge in [0.1, 0.15) is 11.2 Å². The fourth-order valence-corrected chi connectivity index (χ4v) is 4.78. The minimum atomic E-state index is -1.39. The smallest absolute Gasteiger partial charge is 0.254 e. The van der Waals surface area contributed by atoms with Crippen molar-refractivity contribution in [1.29, 1.82) is 0 Å². The van der Waals surface area contributed by atoms with Crippen LogP contribution in [-0.4, -0.2) is 57.8 Å². The summed E-state index contributed by atoms with van der Waals surface area (Å²) in [6, 6.07) is 6.49. The Hall–Kier alpha value is -3.18. The molecule has 1 fully saturated rings. The van der Waals surface area contributed by atoms with Crippen LogP contribution in [0, 0.1) is 12.3 Å². The van der Waals surface area contributed by atoms with Crippen molar-refractivity contribution in [2.24, 2.45) is 0 Å². The molecular weight excluding hydrogens is 416 g/mol. The second kappa shape index (κ2) is 8.31. The third kappa shape index (κ3) is 4.02. The Bertz CT molecular complexity index is 1260. The van der Waals surface area contributed by atoms with E-state index in [9.17, 15) is 9.90 Å². The van der Waals surface area contributed by atoms with E-state index in [4.69, 9.17) is 11.2 Å². The van der Waals surface area contributed by atoms with Gasteiger partial charge in [-0.1, -0.05) is 12.0 Å². The van der Waals surface area contributed by atoms with Gasteiger partial charge in [-0.2, -0.15) is 0 Å².